The van der Waals surface area contributed by atoms with Gasteiger partial charge in [0.2, 0.25) is 0 Å². The number of allylic oxidation sites excluding steroid dienone is 2. The molecular weight excluding hydrogens is 254 g/mol. The van der Waals surface area contributed by atoms with Gasteiger partial charge >= 0.3 is 5.97 Å². The number of aromatic nitrogens is 1. The fraction of sp³-hybridized carbons (Fsp3) is 0.500. The molecule has 1 aliphatic carbocycles. The largest absolute Gasteiger partial charge is 0.460 e. The normalized spacial score (nSPS) is 28.2. The maximum Gasteiger partial charge on any atom is 0.316 e. The topological polar surface area (TPSA) is 48.3 Å². The van der Waals surface area contributed by atoms with Gasteiger partial charge in [0.15, 0.2) is 0 Å². The maximum absolute atomic E-state index is 12.7. The summed E-state index contributed by atoms with van der Waals surface area (Å²) in [4.78, 5) is 24.8. The summed E-state index contributed by atoms with van der Waals surface area (Å²) in [5.74, 6) is -0.215. The number of ether oxygens (including phenoxy) is 1. The summed E-state index contributed by atoms with van der Waals surface area (Å²) >= 11 is 0. The van der Waals surface area contributed by atoms with Crippen LogP contribution in [0.2, 0.25) is 0 Å². The first-order valence-corrected chi connectivity index (χ1v) is 7.17. The minimum Gasteiger partial charge on any atom is -0.460 e. The van der Waals surface area contributed by atoms with Crippen LogP contribution in [-0.4, -0.2) is 10.5 Å². The monoisotopic (exact) mass is 271 g/mol. The highest BCUT2D eigenvalue weighted by Gasteiger charge is 2.47. The molecule has 0 fully saturated rings. The Bertz CT molecular complexity index is 722. The highest BCUT2D eigenvalue weighted by atomic mass is 16.5. The van der Waals surface area contributed by atoms with Crippen molar-refractivity contribution in [3.05, 3.63) is 45.4 Å². The lowest BCUT2D eigenvalue weighted by Crippen LogP contribution is -2.42. The van der Waals surface area contributed by atoms with Gasteiger partial charge in [-0.05, 0) is 31.4 Å². The lowest BCUT2D eigenvalue weighted by Gasteiger charge is -2.33. The Balaban J connectivity index is 2.01. The van der Waals surface area contributed by atoms with Crippen molar-refractivity contribution >= 4 is 5.97 Å². The van der Waals surface area contributed by atoms with Crippen molar-refractivity contribution in [1.29, 1.82) is 0 Å². The van der Waals surface area contributed by atoms with Crippen LogP contribution in [0.25, 0.3) is 0 Å². The predicted octanol–water partition coefficient (Wildman–Crippen LogP) is 1.78. The molecule has 1 atom stereocenters. The number of carbonyl (C=O) groups is 1. The molecule has 3 heterocycles. The number of fused-ring (bicyclic) bond motifs is 3. The Morgan fingerprint density at radius 2 is 2.10 bits per heavy atom. The Morgan fingerprint density at radius 1 is 1.35 bits per heavy atom. The molecule has 0 N–H and O–H groups in total. The molecule has 20 heavy (non-hydrogen) atoms. The van der Waals surface area contributed by atoms with Gasteiger partial charge in [0, 0.05) is 17.7 Å². The molecule has 3 aliphatic rings. The molecule has 0 unspecified atom stereocenters. The fourth-order valence-electron chi connectivity index (χ4n) is 3.53. The number of rotatable bonds is 1. The minimum absolute atomic E-state index is 0.00973. The smallest absolute Gasteiger partial charge is 0.316 e. The van der Waals surface area contributed by atoms with Gasteiger partial charge in [-0.25, -0.2) is 0 Å². The number of nitrogens with zero attached hydrogens (tertiary/aromatic N) is 1. The van der Waals surface area contributed by atoms with E-state index in [0.29, 0.717) is 12.0 Å². The molecule has 0 radical (unpaired) electrons. The average Bonchev–Trinajstić information content (AvgIpc) is 3.13. The molecule has 0 amide bonds. The second-order valence-electron chi connectivity index (χ2n) is 6.26. The van der Waals surface area contributed by atoms with E-state index in [2.05, 4.69) is 18.2 Å². The van der Waals surface area contributed by atoms with Crippen molar-refractivity contribution in [1.82, 2.24) is 4.57 Å². The van der Waals surface area contributed by atoms with Crippen LogP contribution >= 0.6 is 0 Å². The SMILES string of the molecule is CC[C@@]1(C)C(=O)OCc2c1cc1n(c2=O)CCC12C=C2. The van der Waals surface area contributed by atoms with Crippen LogP contribution in [-0.2, 0) is 33.5 Å². The number of hydrogen-bond donors (Lipinski definition) is 0. The summed E-state index contributed by atoms with van der Waals surface area (Å²) in [5, 5.41) is 0. The zero-order chi connectivity index (χ0) is 14.1. The predicted molar refractivity (Wildman–Crippen MR) is 73.6 cm³/mol. The molecule has 1 spiro atoms. The van der Waals surface area contributed by atoms with Crippen LogP contribution in [0.3, 0.4) is 0 Å². The summed E-state index contributed by atoms with van der Waals surface area (Å²) in [7, 11) is 0. The van der Waals surface area contributed by atoms with Crippen LogP contribution in [0.4, 0.5) is 0 Å². The number of carbonyl (C=O) groups excluding carboxylic acids is 1. The molecule has 104 valence electrons. The third kappa shape index (κ3) is 1.22. The van der Waals surface area contributed by atoms with E-state index >= 15 is 0 Å². The molecule has 0 bridgehead atoms. The number of hydrogen-bond acceptors (Lipinski definition) is 3. The van der Waals surface area contributed by atoms with E-state index in [1.807, 2.05) is 18.4 Å². The van der Waals surface area contributed by atoms with E-state index in [1.165, 1.54) is 0 Å². The van der Waals surface area contributed by atoms with Gasteiger partial charge in [0.25, 0.3) is 5.56 Å². The molecule has 1 aromatic heterocycles. The van der Waals surface area contributed by atoms with Crippen molar-refractivity contribution in [2.45, 2.75) is 50.7 Å². The van der Waals surface area contributed by atoms with Crippen LogP contribution in [0.5, 0.6) is 0 Å². The van der Waals surface area contributed by atoms with Crippen molar-refractivity contribution in [2.75, 3.05) is 0 Å². The van der Waals surface area contributed by atoms with Crippen LogP contribution in [0, 0.1) is 0 Å². The highest BCUT2D eigenvalue weighted by molar-refractivity contribution is 5.84. The van der Waals surface area contributed by atoms with Crippen molar-refractivity contribution in [2.24, 2.45) is 0 Å². The Labute approximate surface area is 117 Å². The second kappa shape index (κ2) is 3.43. The van der Waals surface area contributed by atoms with Crippen molar-refractivity contribution < 1.29 is 9.53 Å². The van der Waals surface area contributed by atoms with Crippen LogP contribution in [0.15, 0.2) is 23.0 Å². The van der Waals surface area contributed by atoms with Gasteiger partial charge in [-0.1, -0.05) is 19.1 Å². The molecule has 1 aromatic rings. The fourth-order valence-corrected chi connectivity index (χ4v) is 3.53. The number of esters is 1. The van der Waals surface area contributed by atoms with Gasteiger partial charge in [-0.2, -0.15) is 0 Å². The molecule has 4 nitrogen and oxygen atoms in total. The lowest BCUT2D eigenvalue weighted by atomic mass is 9.76. The first kappa shape index (κ1) is 11.9. The summed E-state index contributed by atoms with van der Waals surface area (Å²) < 4.78 is 7.11. The quantitative estimate of drug-likeness (QED) is 0.578. The van der Waals surface area contributed by atoms with E-state index in [0.717, 1.165) is 24.2 Å². The van der Waals surface area contributed by atoms with Gasteiger partial charge in [0.1, 0.15) is 6.61 Å². The molecule has 0 saturated heterocycles. The van der Waals surface area contributed by atoms with Gasteiger partial charge in [-0.3, -0.25) is 9.59 Å². The summed E-state index contributed by atoms with van der Waals surface area (Å²) in [6, 6.07) is 2.08. The van der Waals surface area contributed by atoms with Crippen molar-refractivity contribution in [3.63, 3.8) is 0 Å². The summed E-state index contributed by atoms with van der Waals surface area (Å²) in [6.07, 6.45) is 5.91. The zero-order valence-electron chi connectivity index (χ0n) is 11.7. The third-order valence-corrected chi connectivity index (χ3v) is 5.29. The first-order valence-electron chi connectivity index (χ1n) is 7.17. The van der Waals surface area contributed by atoms with Gasteiger partial charge in [0.05, 0.1) is 11.0 Å². The van der Waals surface area contributed by atoms with Crippen LogP contribution in [0.1, 0.15) is 43.5 Å². The van der Waals surface area contributed by atoms with Crippen molar-refractivity contribution in [3.8, 4) is 0 Å². The average molecular weight is 271 g/mol. The summed E-state index contributed by atoms with van der Waals surface area (Å²) in [6.45, 7) is 4.71. The van der Waals surface area contributed by atoms with Gasteiger partial charge < -0.3 is 9.30 Å². The maximum atomic E-state index is 12.7. The van der Waals surface area contributed by atoms with E-state index in [4.69, 9.17) is 4.74 Å². The Kier molecular flexibility index (Phi) is 2.05. The first-order chi connectivity index (χ1) is 9.52. The summed E-state index contributed by atoms with van der Waals surface area (Å²) in [5.41, 5.74) is 1.91. The minimum atomic E-state index is -0.693. The number of cyclic esters (lactones) is 1. The molecule has 0 aromatic carbocycles. The van der Waals surface area contributed by atoms with Crippen LogP contribution < -0.4 is 5.56 Å². The van der Waals surface area contributed by atoms with E-state index in [1.54, 1.807) is 0 Å². The standard InChI is InChI=1S/C16H17NO3/c1-3-15(2)11-8-12-16(4-5-16)6-7-17(12)13(18)10(11)9-20-14(15)19/h4-5,8H,3,6-7,9H2,1-2H3/t15-/m1/s1. The highest BCUT2D eigenvalue weighted by Crippen LogP contribution is 2.47. The van der Waals surface area contributed by atoms with E-state index in [9.17, 15) is 9.59 Å². The van der Waals surface area contributed by atoms with E-state index in [-0.39, 0.29) is 23.6 Å². The lowest BCUT2D eigenvalue weighted by molar-refractivity contribution is -0.153. The number of pyridine rings is 1. The molecule has 2 aliphatic heterocycles. The molecule has 4 heteroatoms. The third-order valence-electron chi connectivity index (χ3n) is 5.29. The van der Waals surface area contributed by atoms with Gasteiger partial charge in [-0.15, -0.1) is 0 Å². The molecule has 4 rings (SSSR count). The Morgan fingerprint density at radius 3 is 2.75 bits per heavy atom. The molecular formula is C16H17NO3. The van der Waals surface area contributed by atoms with E-state index < -0.39 is 5.41 Å². The Hall–Kier alpha value is -1.84. The second-order valence-corrected chi connectivity index (χ2v) is 6.26. The zero-order valence-corrected chi connectivity index (χ0v) is 11.7. The molecule has 0 saturated carbocycles.